The highest BCUT2D eigenvalue weighted by atomic mass is 79.9. The first kappa shape index (κ1) is 10.4. The molecule has 0 unspecified atom stereocenters. The number of phenols is 1. The van der Waals surface area contributed by atoms with Crippen molar-refractivity contribution in [1.29, 1.82) is 0 Å². The van der Waals surface area contributed by atoms with E-state index in [9.17, 15) is 5.11 Å². The summed E-state index contributed by atoms with van der Waals surface area (Å²) in [6.07, 6.45) is 4.04. The number of phenolic OH excluding ortho intramolecular Hbond substituents is 1. The lowest BCUT2D eigenvalue weighted by atomic mass is 10.3. The van der Waals surface area contributed by atoms with Gasteiger partial charge in [-0.15, -0.1) is 0 Å². The molecule has 0 spiro atoms. The standard InChI is InChI=1S/C11H15BrOS/c12-14(8-2-1-3-9-14)11-6-4-10(13)5-7-11/h4-7,13H,1-3,8-9H2. The summed E-state index contributed by atoms with van der Waals surface area (Å²) >= 11 is 3.93. The summed E-state index contributed by atoms with van der Waals surface area (Å²) in [7, 11) is -0.734. The van der Waals surface area contributed by atoms with E-state index >= 15 is 0 Å². The van der Waals surface area contributed by atoms with Crippen LogP contribution >= 0.6 is 23.3 Å². The zero-order valence-corrected chi connectivity index (χ0v) is 10.5. The monoisotopic (exact) mass is 274 g/mol. The molecule has 2 rings (SSSR count). The number of halogens is 1. The molecule has 0 atom stereocenters. The minimum absolute atomic E-state index is 0.361. The fourth-order valence-corrected chi connectivity index (χ4v) is 6.51. The molecule has 1 aromatic carbocycles. The Hall–Kier alpha value is -0.150. The molecule has 1 saturated heterocycles. The second-order valence-corrected chi connectivity index (χ2v) is 10.3. The van der Waals surface area contributed by atoms with Crippen molar-refractivity contribution in [1.82, 2.24) is 0 Å². The smallest absolute Gasteiger partial charge is 0.115 e. The van der Waals surface area contributed by atoms with Gasteiger partial charge in [-0.2, -0.15) is 8.46 Å². The molecule has 1 aliphatic rings. The van der Waals surface area contributed by atoms with E-state index < -0.39 is 8.46 Å². The molecule has 1 nitrogen and oxygen atoms in total. The molecule has 14 heavy (non-hydrogen) atoms. The van der Waals surface area contributed by atoms with Gasteiger partial charge in [0.25, 0.3) is 0 Å². The van der Waals surface area contributed by atoms with Crippen LogP contribution in [0.4, 0.5) is 0 Å². The van der Waals surface area contributed by atoms with E-state index in [-0.39, 0.29) is 0 Å². The molecule has 0 bridgehead atoms. The second-order valence-electron chi connectivity index (χ2n) is 3.75. The van der Waals surface area contributed by atoms with Crippen LogP contribution in [0.1, 0.15) is 19.3 Å². The van der Waals surface area contributed by atoms with Gasteiger partial charge in [0, 0.05) is 0 Å². The quantitative estimate of drug-likeness (QED) is 0.819. The molecule has 3 heteroatoms. The van der Waals surface area contributed by atoms with Crippen molar-refractivity contribution in [3.8, 4) is 5.75 Å². The normalized spacial score (nSPS) is 22.9. The maximum Gasteiger partial charge on any atom is 0.115 e. The Balaban J connectivity index is 2.23. The average Bonchev–Trinajstić information content (AvgIpc) is 2.19. The zero-order chi connectivity index (χ0) is 10.0. The molecule has 0 aliphatic carbocycles. The third-order valence-corrected chi connectivity index (χ3v) is 8.75. The van der Waals surface area contributed by atoms with Crippen molar-refractivity contribution in [2.75, 3.05) is 11.5 Å². The molecular formula is C11H15BrOS. The van der Waals surface area contributed by atoms with E-state index in [2.05, 4.69) is 26.9 Å². The largest absolute Gasteiger partial charge is 0.508 e. The Bertz CT molecular complexity index is 304. The Morgan fingerprint density at radius 1 is 1.00 bits per heavy atom. The highest BCUT2D eigenvalue weighted by Gasteiger charge is 2.25. The SMILES string of the molecule is Oc1ccc(S2(Br)CCCCC2)cc1. The lowest BCUT2D eigenvalue weighted by Crippen LogP contribution is -2.09. The molecule has 1 heterocycles. The number of aromatic hydroxyl groups is 1. The summed E-state index contributed by atoms with van der Waals surface area (Å²) in [6.45, 7) is 0. The van der Waals surface area contributed by atoms with Gasteiger partial charge in [0.15, 0.2) is 0 Å². The van der Waals surface area contributed by atoms with Gasteiger partial charge >= 0.3 is 0 Å². The molecule has 0 amide bonds. The van der Waals surface area contributed by atoms with Gasteiger partial charge in [-0.1, -0.05) is 6.42 Å². The van der Waals surface area contributed by atoms with Gasteiger partial charge in [0.2, 0.25) is 0 Å². The lowest BCUT2D eigenvalue weighted by Gasteiger charge is -2.37. The van der Waals surface area contributed by atoms with Gasteiger partial charge in [0.1, 0.15) is 5.75 Å². The summed E-state index contributed by atoms with van der Waals surface area (Å²) in [5.74, 6) is 2.94. The number of hydrogen-bond acceptors (Lipinski definition) is 1. The third-order valence-electron chi connectivity index (χ3n) is 2.69. The minimum Gasteiger partial charge on any atom is -0.508 e. The van der Waals surface area contributed by atoms with Crippen LogP contribution in [-0.2, 0) is 0 Å². The Morgan fingerprint density at radius 2 is 1.57 bits per heavy atom. The van der Waals surface area contributed by atoms with Gasteiger partial charge in [0.05, 0.1) is 0 Å². The first-order valence-electron chi connectivity index (χ1n) is 4.98. The highest BCUT2D eigenvalue weighted by Crippen LogP contribution is 2.65. The molecule has 78 valence electrons. The summed E-state index contributed by atoms with van der Waals surface area (Å²) in [4.78, 5) is 1.38. The number of benzene rings is 1. The molecular weight excluding hydrogens is 260 g/mol. The number of hydrogen-bond donors (Lipinski definition) is 1. The average molecular weight is 275 g/mol. The Kier molecular flexibility index (Phi) is 3.07. The summed E-state index contributed by atoms with van der Waals surface area (Å²) in [5, 5.41) is 9.23. The van der Waals surface area contributed by atoms with Gasteiger partial charge in [-0.25, -0.2) is 0 Å². The third kappa shape index (κ3) is 2.09. The van der Waals surface area contributed by atoms with E-state index in [4.69, 9.17) is 0 Å². The van der Waals surface area contributed by atoms with E-state index in [0.29, 0.717) is 5.75 Å². The van der Waals surface area contributed by atoms with Crippen molar-refractivity contribution < 1.29 is 5.11 Å². The van der Waals surface area contributed by atoms with Crippen molar-refractivity contribution in [2.45, 2.75) is 24.2 Å². The fourth-order valence-electron chi connectivity index (χ4n) is 1.87. The lowest BCUT2D eigenvalue weighted by molar-refractivity contribution is 0.475. The predicted molar refractivity (Wildman–Crippen MR) is 66.5 cm³/mol. The van der Waals surface area contributed by atoms with Crippen LogP contribution in [-0.4, -0.2) is 16.6 Å². The van der Waals surface area contributed by atoms with Gasteiger partial charge < -0.3 is 5.11 Å². The van der Waals surface area contributed by atoms with E-state index in [1.165, 1.54) is 35.7 Å². The Labute approximate surface area is 94.0 Å². The summed E-state index contributed by atoms with van der Waals surface area (Å²) in [6, 6.07) is 7.70. The van der Waals surface area contributed by atoms with Crippen molar-refractivity contribution >= 4 is 23.3 Å². The van der Waals surface area contributed by atoms with Crippen LogP contribution in [0.3, 0.4) is 0 Å². The summed E-state index contributed by atoms with van der Waals surface area (Å²) < 4.78 is 0. The maximum atomic E-state index is 9.23. The zero-order valence-electron chi connectivity index (χ0n) is 8.08. The van der Waals surface area contributed by atoms with Crippen LogP contribution < -0.4 is 0 Å². The van der Waals surface area contributed by atoms with Crippen LogP contribution in [0.5, 0.6) is 5.75 Å². The fraction of sp³-hybridized carbons (Fsp3) is 0.455. The first-order valence-corrected chi connectivity index (χ1v) is 8.79. The predicted octanol–water partition coefficient (Wildman–Crippen LogP) is 4.05. The van der Waals surface area contributed by atoms with Crippen molar-refractivity contribution in [3.05, 3.63) is 24.3 Å². The van der Waals surface area contributed by atoms with E-state index in [1.807, 2.05) is 0 Å². The van der Waals surface area contributed by atoms with E-state index in [1.54, 1.807) is 12.1 Å². The molecule has 1 aromatic rings. The van der Waals surface area contributed by atoms with Gasteiger partial charge in [-0.3, -0.25) is 0 Å². The van der Waals surface area contributed by atoms with Crippen LogP contribution in [0.25, 0.3) is 0 Å². The first-order chi connectivity index (χ1) is 6.71. The highest BCUT2D eigenvalue weighted by molar-refractivity contribution is 9.58. The minimum atomic E-state index is -0.734. The molecule has 1 N–H and O–H groups in total. The van der Waals surface area contributed by atoms with Crippen molar-refractivity contribution in [3.63, 3.8) is 0 Å². The van der Waals surface area contributed by atoms with Crippen LogP contribution in [0.15, 0.2) is 29.2 Å². The van der Waals surface area contributed by atoms with Crippen LogP contribution in [0, 0.1) is 0 Å². The van der Waals surface area contributed by atoms with E-state index in [0.717, 1.165) is 0 Å². The van der Waals surface area contributed by atoms with Crippen molar-refractivity contribution in [2.24, 2.45) is 0 Å². The molecule has 1 fully saturated rings. The Morgan fingerprint density at radius 3 is 2.14 bits per heavy atom. The maximum absolute atomic E-state index is 9.23. The topological polar surface area (TPSA) is 20.2 Å². The number of rotatable bonds is 1. The summed E-state index contributed by atoms with van der Waals surface area (Å²) in [5.41, 5.74) is 0. The molecule has 0 radical (unpaired) electrons. The van der Waals surface area contributed by atoms with Crippen LogP contribution in [0.2, 0.25) is 0 Å². The molecule has 0 saturated carbocycles. The molecule has 0 aromatic heterocycles. The van der Waals surface area contributed by atoms with Gasteiger partial charge in [-0.05, 0) is 68.3 Å². The second kappa shape index (κ2) is 4.15. The molecule has 1 aliphatic heterocycles.